The lowest BCUT2D eigenvalue weighted by atomic mass is 10.1. The molecule has 2 saturated heterocycles. The Morgan fingerprint density at radius 2 is 1.59 bits per heavy atom. The van der Waals surface area contributed by atoms with Crippen LogP contribution in [-0.2, 0) is 10.0 Å². The van der Waals surface area contributed by atoms with Crippen LogP contribution in [0.3, 0.4) is 0 Å². The van der Waals surface area contributed by atoms with E-state index in [0.29, 0.717) is 51.0 Å². The van der Waals surface area contributed by atoms with E-state index in [-0.39, 0.29) is 16.4 Å². The lowest BCUT2D eigenvalue weighted by Crippen LogP contribution is -2.49. The Bertz CT molecular complexity index is 1030. The summed E-state index contributed by atoms with van der Waals surface area (Å²) in [5, 5.41) is 0. The van der Waals surface area contributed by atoms with Gasteiger partial charge in [0.15, 0.2) is 0 Å². The molecule has 4 rings (SSSR count). The van der Waals surface area contributed by atoms with E-state index < -0.39 is 10.0 Å². The highest BCUT2D eigenvalue weighted by Gasteiger charge is 2.29. The average Bonchev–Trinajstić information content (AvgIpc) is 3.14. The number of aromatic nitrogens is 2. The third-order valence-electron chi connectivity index (χ3n) is 6.01. The minimum absolute atomic E-state index is 0.139. The highest BCUT2D eigenvalue weighted by atomic mass is 32.2. The largest absolute Gasteiger partial charge is 0.496 e. The zero-order valence-electron chi connectivity index (χ0n) is 18.3. The zero-order chi connectivity index (χ0) is 22.6. The molecule has 3 heterocycles. The minimum Gasteiger partial charge on any atom is -0.496 e. The predicted octanol–water partition coefficient (Wildman–Crippen LogP) is 2.01. The molecule has 1 amide bonds. The Hall–Kier alpha value is -2.72. The molecule has 10 heteroatoms. The summed E-state index contributed by atoms with van der Waals surface area (Å²) in [6.07, 6.45) is 7.19. The van der Waals surface area contributed by atoms with Crippen molar-refractivity contribution in [3.8, 4) is 5.75 Å². The molecule has 1 aromatic carbocycles. The minimum atomic E-state index is -3.66. The smallest absolute Gasteiger partial charge is 0.257 e. The van der Waals surface area contributed by atoms with Gasteiger partial charge in [-0.25, -0.2) is 18.4 Å². The van der Waals surface area contributed by atoms with Gasteiger partial charge in [0, 0.05) is 51.7 Å². The number of ether oxygens (including phenoxy) is 1. The van der Waals surface area contributed by atoms with Crippen LogP contribution >= 0.6 is 0 Å². The Labute approximate surface area is 189 Å². The van der Waals surface area contributed by atoms with Gasteiger partial charge in [0.05, 0.1) is 17.6 Å². The molecule has 0 aliphatic carbocycles. The molecule has 2 aliphatic heterocycles. The molecular formula is C22H29N5O4S. The molecule has 32 heavy (non-hydrogen) atoms. The van der Waals surface area contributed by atoms with E-state index in [1.807, 2.05) is 4.90 Å². The topological polar surface area (TPSA) is 95.9 Å². The van der Waals surface area contributed by atoms with Crippen LogP contribution in [0, 0.1) is 0 Å². The number of carbonyl (C=O) groups is 1. The first-order valence-corrected chi connectivity index (χ1v) is 12.4. The number of rotatable bonds is 5. The van der Waals surface area contributed by atoms with Crippen molar-refractivity contribution in [2.45, 2.75) is 30.6 Å². The van der Waals surface area contributed by atoms with E-state index in [2.05, 4.69) is 9.97 Å². The third-order valence-corrected chi connectivity index (χ3v) is 7.90. The van der Waals surface area contributed by atoms with Crippen molar-refractivity contribution in [2.75, 3.05) is 51.3 Å². The van der Waals surface area contributed by atoms with Gasteiger partial charge in [-0.15, -0.1) is 0 Å². The molecule has 2 fully saturated rings. The molecule has 2 aliphatic rings. The van der Waals surface area contributed by atoms with Gasteiger partial charge >= 0.3 is 0 Å². The van der Waals surface area contributed by atoms with Crippen LogP contribution in [0.2, 0.25) is 0 Å². The Kier molecular flexibility index (Phi) is 6.90. The summed E-state index contributed by atoms with van der Waals surface area (Å²) in [7, 11) is -2.17. The van der Waals surface area contributed by atoms with E-state index in [1.54, 1.807) is 29.4 Å². The predicted molar refractivity (Wildman–Crippen MR) is 120 cm³/mol. The molecule has 0 bridgehead atoms. The maximum Gasteiger partial charge on any atom is 0.257 e. The van der Waals surface area contributed by atoms with Gasteiger partial charge in [-0.05, 0) is 37.1 Å². The highest BCUT2D eigenvalue weighted by molar-refractivity contribution is 7.89. The number of hydrogen-bond acceptors (Lipinski definition) is 7. The Morgan fingerprint density at radius 1 is 0.938 bits per heavy atom. The average molecular weight is 460 g/mol. The molecule has 0 saturated carbocycles. The number of methoxy groups -OCH3 is 1. The molecule has 0 unspecified atom stereocenters. The summed E-state index contributed by atoms with van der Waals surface area (Å²) < 4.78 is 33.4. The second kappa shape index (κ2) is 9.83. The van der Waals surface area contributed by atoms with Gasteiger partial charge in [0.2, 0.25) is 16.0 Å². The summed E-state index contributed by atoms with van der Waals surface area (Å²) in [6, 6.07) is 6.34. The molecule has 0 spiro atoms. The maximum absolute atomic E-state index is 13.3. The number of carbonyl (C=O) groups excluding carboxylic acids is 1. The lowest BCUT2D eigenvalue weighted by Gasteiger charge is -2.35. The quantitative estimate of drug-likeness (QED) is 0.675. The number of amides is 1. The molecule has 0 atom stereocenters. The molecule has 9 nitrogen and oxygen atoms in total. The van der Waals surface area contributed by atoms with Crippen LogP contribution in [0.15, 0.2) is 41.6 Å². The van der Waals surface area contributed by atoms with Crippen molar-refractivity contribution >= 4 is 21.9 Å². The second-order valence-corrected chi connectivity index (χ2v) is 9.95. The Balaban J connectivity index is 1.53. The summed E-state index contributed by atoms with van der Waals surface area (Å²) >= 11 is 0. The summed E-state index contributed by atoms with van der Waals surface area (Å²) in [4.78, 5) is 25.7. The fourth-order valence-electron chi connectivity index (χ4n) is 4.18. The van der Waals surface area contributed by atoms with E-state index in [1.165, 1.54) is 23.5 Å². The van der Waals surface area contributed by atoms with Gasteiger partial charge < -0.3 is 14.5 Å². The first-order valence-electron chi connectivity index (χ1n) is 11.0. The normalized spacial score (nSPS) is 18.3. The zero-order valence-corrected chi connectivity index (χ0v) is 19.1. The van der Waals surface area contributed by atoms with Gasteiger partial charge in [-0.3, -0.25) is 4.79 Å². The molecule has 2 aromatic rings. The monoisotopic (exact) mass is 459 g/mol. The van der Waals surface area contributed by atoms with Crippen molar-refractivity contribution < 1.29 is 17.9 Å². The van der Waals surface area contributed by atoms with Crippen molar-refractivity contribution in [3.05, 3.63) is 42.2 Å². The standard InChI is InChI=1S/C22H29N5O4S/c1-31-20-8-7-18(32(29,30)27-11-4-2-3-5-12-27)17-19(20)21(28)25-13-15-26(16-14-25)22-23-9-6-10-24-22/h6-10,17H,2-5,11-16H2,1H3. The summed E-state index contributed by atoms with van der Waals surface area (Å²) in [5.41, 5.74) is 0.271. The molecule has 1 aromatic heterocycles. The van der Waals surface area contributed by atoms with Crippen LogP contribution in [0.1, 0.15) is 36.0 Å². The number of sulfonamides is 1. The summed E-state index contributed by atoms with van der Waals surface area (Å²) in [5.74, 6) is 0.782. The number of nitrogens with zero attached hydrogens (tertiary/aromatic N) is 5. The van der Waals surface area contributed by atoms with Crippen LogP contribution in [0.5, 0.6) is 5.75 Å². The van der Waals surface area contributed by atoms with E-state index in [0.717, 1.165) is 25.7 Å². The van der Waals surface area contributed by atoms with Gasteiger partial charge in [0.1, 0.15) is 5.75 Å². The van der Waals surface area contributed by atoms with Crippen LogP contribution < -0.4 is 9.64 Å². The fraction of sp³-hybridized carbons (Fsp3) is 0.500. The van der Waals surface area contributed by atoms with Crippen LogP contribution in [-0.4, -0.2) is 79.9 Å². The van der Waals surface area contributed by atoms with Crippen molar-refractivity contribution in [1.82, 2.24) is 19.2 Å². The second-order valence-electron chi connectivity index (χ2n) is 8.01. The maximum atomic E-state index is 13.3. The summed E-state index contributed by atoms with van der Waals surface area (Å²) in [6.45, 7) is 3.21. The van der Waals surface area contributed by atoms with Crippen LogP contribution in [0.25, 0.3) is 0 Å². The van der Waals surface area contributed by atoms with Crippen LogP contribution in [0.4, 0.5) is 5.95 Å². The fourth-order valence-corrected chi connectivity index (χ4v) is 5.72. The Morgan fingerprint density at radius 3 is 2.22 bits per heavy atom. The van der Waals surface area contributed by atoms with E-state index in [9.17, 15) is 13.2 Å². The molecular weight excluding hydrogens is 430 g/mol. The van der Waals surface area contributed by atoms with Crippen molar-refractivity contribution in [3.63, 3.8) is 0 Å². The van der Waals surface area contributed by atoms with E-state index >= 15 is 0 Å². The first-order chi connectivity index (χ1) is 15.5. The molecule has 0 radical (unpaired) electrons. The van der Waals surface area contributed by atoms with E-state index in [4.69, 9.17) is 4.74 Å². The third kappa shape index (κ3) is 4.71. The van der Waals surface area contributed by atoms with Gasteiger partial charge in [0.25, 0.3) is 5.91 Å². The number of benzene rings is 1. The highest BCUT2D eigenvalue weighted by Crippen LogP contribution is 2.27. The van der Waals surface area contributed by atoms with Gasteiger partial charge in [-0.2, -0.15) is 4.31 Å². The lowest BCUT2D eigenvalue weighted by molar-refractivity contribution is 0.0742. The first kappa shape index (κ1) is 22.5. The number of anilines is 1. The number of piperazine rings is 1. The van der Waals surface area contributed by atoms with Gasteiger partial charge in [-0.1, -0.05) is 12.8 Å². The SMILES string of the molecule is COc1ccc(S(=O)(=O)N2CCCCCC2)cc1C(=O)N1CCN(c2ncccn2)CC1. The van der Waals surface area contributed by atoms with Crippen molar-refractivity contribution in [1.29, 1.82) is 0 Å². The number of hydrogen-bond donors (Lipinski definition) is 0. The molecule has 172 valence electrons. The van der Waals surface area contributed by atoms with Crippen molar-refractivity contribution in [2.24, 2.45) is 0 Å². The molecule has 0 N–H and O–H groups in total.